The second-order valence-electron chi connectivity index (χ2n) is 6.83. The molecule has 8 heteroatoms. The summed E-state index contributed by atoms with van der Waals surface area (Å²) in [6, 6.07) is 0.304. The van der Waals surface area contributed by atoms with Crippen LogP contribution in [0.15, 0.2) is 12.2 Å². The Labute approximate surface area is 153 Å². The molecule has 2 saturated heterocycles. The third kappa shape index (κ3) is 5.95. The molecule has 0 aromatic rings. The Kier molecular flexibility index (Phi) is 7.16. The number of hydrogen-bond donors (Lipinski definition) is 4. The predicted octanol–water partition coefficient (Wildman–Crippen LogP) is 0.909. The summed E-state index contributed by atoms with van der Waals surface area (Å²) < 4.78 is 0. The first-order chi connectivity index (χ1) is 11.9. The molecular formula is C17H28N4O3S. The Bertz CT molecular complexity index is 540. The summed E-state index contributed by atoms with van der Waals surface area (Å²) in [6.45, 7) is 7.48. The number of unbranched alkanes of at least 4 members (excludes halogenated alkanes) is 1. The predicted molar refractivity (Wildman–Crippen MR) is 99.4 cm³/mol. The van der Waals surface area contributed by atoms with Crippen LogP contribution in [0, 0.1) is 0 Å². The van der Waals surface area contributed by atoms with Crippen molar-refractivity contribution in [2.45, 2.75) is 62.9 Å². The summed E-state index contributed by atoms with van der Waals surface area (Å²) in [6.07, 6.45) is 3.28. The van der Waals surface area contributed by atoms with Crippen molar-refractivity contribution in [2.24, 2.45) is 0 Å². The van der Waals surface area contributed by atoms with Crippen molar-refractivity contribution in [1.29, 1.82) is 0 Å². The highest BCUT2D eigenvalue weighted by Gasteiger charge is 2.42. The van der Waals surface area contributed by atoms with Crippen LogP contribution in [0.1, 0.15) is 39.5 Å². The molecule has 1 unspecified atom stereocenters. The standard InChI is InChI=1S/C17H28N4O3S/c1-10(2)16(23)18-8-11(3)19-14(22)7-5-4-6-13-15-12(9-25-13)20-17(24)21-15/h11-13,15H,1,4-9H2,2-3H3,(H,18,23)(H,19,22)(H2,20,21,24)/t11?,12-,13-,15-/m0/s1. The summed E-state index contributed by atoms with van der Waals surface area (Å²) in [7, 11) is 0. The van der Waals surface area contributed by atoms with Gasteiger partial charge in [-0.15, -0.1) is 0 Å². The van der Waals surface area contributed by atoms with Crippen molar-refractivity contribution in [3.8, 4) is 0 Å². The van der Waals surface area contributed by atoms with Gasteiger partial charge in [0.05, 0.1) is 12.1 Å². The number of nitrogens with one attached hydrogen (secondary N) is 4. The number of carbonyl (C=O) groups excluding carboxylic acids is 3. The minimum Gasteiger partial charge on any atom is -0.352 e. The van der Waals surface area contributed by atoms with Crippen LogP contribution in [-0.4, -0.2) is 53.5 Å². The van der Waals surface area contributed by atoms with E-state index < -0.39 is 0 Å². The fourth-order valence-electron chi connectivity index (χ4n) is 3.07. The zero-order valence-corrected chi connectivity index (χ0v) is 15.7. The number of amides is 4. The molecule has 4 N–H and O–H groups in total. The molecule has 0 aromatic heterocycles. The highest BCUT2D eigenvalue weighted by atomic mass is 32.2. The zero-order chi connectivity index (χ0) is 18.4. The lowest BCUT2D eigenvalue weighted by Gasteiger charge is -2.17. The molecule has 2 aliphatic rings. The summed E-state index contributed by atoms with van der Waals surface area (Å²) in [5.74, 6) is 0.772. The number of hydrogen-bond acceptors (Lipinski definition) is 4. The zero-order valence-electron chi connectivity index (χ0n) is 14.9. The molecule has 2 aliphatic heterocycles. The Morgan fingerprint density at radius 3 is 2.84 bits per heavy atom. The minimum absolute atomic E-state index is 0.00450. The van der Waals surface area contributed by atoms with Gasteiger partial charge in [0.25, 0.3) is 0 Å². The second-order valence-corrected chi connectivity index (χ2v) is 8.10. The van der Waals surface area contributed by atoms with E-state index in [1.807, 2.05) is 18.7 Å². The van der Waals surface area contributed by atoms with Gasteiger partial charge in [-0.3, -0.25) is 9.59 Å². The molecular weight excluding hydrogens is 340 g/mol. The lowest BCUT2D eigenvalue weighted by atomic mass is 10.0. The Morgan fingerprint density at radius 1 is 1.36 bits per heavy atom. The minimum atomic E-state index is -0.193. The molecule has 4 amide bonds. The highest BCUT2D eigenvalue weighted by molar-refractivity contribution is 8.00. The van der Waals surface area contributed by atoms with Gasteiger partial charge >= 0.3 is 6.03 Å². The maximum Gasteiger partial charge on any atom is 0.315 e. The maximum absolute atomic E-state index is 11.9. The molecule has 0 spiro atoms. The molecule has 0 bridgehead atoms. The lowest BCUT2D eigenvalue weighted by Crippen LogP contribution is -2.41. The first-order valence-corrected chi connectivity index (χ1v) is 9.83. The lowest BCUT2D eigenvalue weighted by molar-refractivity contribution is -0.122. The largest absolute Gasteiger partial charge is 0.352 e. The highest BCUT2D eigenvalue weighted by Crippen LogP contribution is 2.33. The van der Waals surface area contributed by atoms with Crippen LogP contribution in [0.25, 0.3) is 0 Å². The summed E-state index contributed by atoms with van der Waals surface area (Å²) in [5, 5.41) is 12.0. The number of thioether (sulfide) groups is 1. The molecule has 2 rings (SSSR count). The Balaban J connectivity index is 1.55. The van der Waals surface area contributed by atoms with E-state index in [0.29, 0.717) is 23.8 Å². The van der Waals surface area contributed by atoms with Crippen LogP contribution in [0.2, 0.25) is 0 Å². The third-order valence-corrected chi connectivity index (χ3v) is 5.95. The quantitative estimate of drug-likeness (QED) is 0.276. The molecule has 0 radical (unpaired) electrons. The van der Waals surface area contributed by atoms with Crippen molar-refractivity contribution in [2.75, 3.05) is 12.3 Å². The van der Waals surface area contributed by atoms with Crippen molar-refractivity contribution in [1.82, 2.24) is 21.3 Å². The molecule has 0 aliphatic carbocycles. The summed E-state index contributed by atoms with van der Waals surface area (Å²) in [5.41, 5.74) is 0.458. The van der Waals surface area contributed by atoms with Gasteiger partial charge < -0.3 is 21.3 Å². The fraction of sp³-hybridized carbons (Fsp3) is 0.706. The molecule has 2 heterocycles. The van der Waals surface area contributed by atoms with Crippen LogP contribution in [0.3, 0.4) is 0 Å². The molecule has 25 heavy (non-hydrogen) atoms. The third-order valence-electron chi connectivity index (χ3n) is 4.44. The molecule has 0 saturated carbocycles. The van der Waals surface area contributed by atoms with Gasteiger partial charge in [-0.05, 0) is 26.7 Å². The maximum atomic E-state index is 11.9. The average molecular weight is 369 g/mol. The molecule has 4 atom stereocenters. The summed E-state index contributed by atoms with van der Waals surface area (Å²) >= 11 is 1.89. The van der Waals surface area contributed by atoms with E-state index in [-0.39, 0.29) is 36.0 Å². The smallest absolute Gasteiger partial charge is 0.315 e. The van der Waals surface area contributed by atoms with Crippen LogP contribution in [-0.2, 0) is 9.59 Å². The van der Waals surface area contributed by atoms with Crippen LogP contribution in [0.5, 0.6) is 0 Å². The SMILES string of the molecule is C=C(C)C(=O)NCC(C)NC(=O)CCCC[C@@H]1SC[C@@H]2NC(=O)N[C@@H]21. The van der Waals surface area contributed by atoms with Crippen molar-refractivity contribution >= 4 is 29.6 Å². The second kappa shape index (κ2) is 9.12. The summed E-state index contributed by atoms with van der Waals surface area (Å²) in [4.78, 5) is 34.7. The van der Waals surface area contributed by atoms with E-state index >= 15 is 0 Å². The molecule has 2 fully saturated rings. The number of rotatable bonds is 9. The first-order valence-electron chi connectivity index (χ1n) is 8.78. The van der Waals surface area contributed by atoms with E-state index in [2.05, 4.69) is 27.8 Å². The number of urea groups is 1. The molecule has 7 nitrogen and oxygen atoms in total. The fourth-order valence-corrected chi connectivity index (χ4v) is 4.61. The molecule has 0 aromatic carbocycles. The van der Waals surface area contributed by atoms with E-state index in [4.69, 9.17) is 0 Å². The van der Waals surface area contributed by atoms with Gasteiger partial charge in [-0.25, -0.2) is 4.79 Å². The number of fused-ring (bicyclic) bond motifs is 1. The van der Waals surface area contributed by atoms with Crippen LogP contribution >= 0.6 is 11.8 Å². The van der Waals surface area contributed by atoms with Crippen molar-refractivity contribution in [3.05, 3.63) is 12.2 Å². The van der Waals surface area contributed by atoms with E-state index in [1.165, 1.54) is 0 Å². The van der Waals surface area contributed by atoms with Crippen LogP contribution < -0.4 is 21.3 Å². The molecule has 140 valence electrons. The van der Waals surface area contributed by atoms with Crippen molar-refractivity contribution in [3.63, 3.8) is 0 Å². The van der Waals surface area contributed by atoms with Gasteiger partial charge in [0.1, 0.15) is 0 Å². The Morgan fingerprint density at radius 2 is 2.12 bits per heavy atom. The first kappa shape index (κ1) is 19.6. The van der Waals surface area contributed by atoms with Gasteiger partial charge in [0.2, 0.25) is 11.8 Å². The van der Waals surface area contributed by atoms with Gasteiger partial charge in [0, 0.05) is 35.6 Å². The van der Waals surface area contributed by atoms with Gasteiger partial charge in [0.15, 0.2) is 0 Å². The van der Waals surface area contributed by atoms with Crippen LogP contribution in [0.4, 0.5) is 4.79 Å². The van der Waals surface area contributed by atoms with E-state index in [0.717, 1.165) is 25.0 Å². The monoisotopic (exact) mass is 368 g/mol. The van der Waals surface area contributed by atoms with E-state index in [1.54, 1.807) is 6.92 Å². The van der Waals surface area contributed by atoms with Gasteiger partial charge in [-0.2, -0.15) is 11.8 Å². The van der Waals surface area contributed by atoms with Gasteiger partial charge in [-0.1, -0.05) is 13.0 Å². The number of carbonyl (C=O) groups is 3. The van der Waals surface area contributed by atoms with E-state index in [9.17, 15) is 14.4 Å². The average Bonchev–Trinajstić information content (AvgIpc) is 3.08. The van der Waals surface area contributed by atoms with Crippen molar-refractivity contribution < 1.29 is 14.4 Å². The normalized spacial score (nSPS) is 25.5. The topological polar surface area (TPSA) is 99.3 Å². The Hall–Kier alpha value is -1.70.